The molecule has 1 radical (unpaired) electrons. The van der Waals surface area contributed by atoms with Crippen LogP contribution in [0.25, 0.3) is 0 Å². The van der Waals surface area contributed by atoms with Gasteiger partial charge in [-0.3, -0.25) is 0 Å². The molecule has 2 rings (SSSR count). The second kappa shape index (κ2) is 3.46. The molecule has 0 spiro atoms. The third-order valence-corrected chi connectivity index (χ3v) is 2.58. The van der Waals surface area contributed by atoms with E-state index in [-0.39, 0.29) is 0 Å². The summed E-state index contributed by atoms with van der Waals surface area (Å²) in [5.74, 6) is -0.901. The van der Waals surface area contributed by atoms with Crippen LogP contribution in [0.5, 0.6) is 0 Å². The van der Waals surface area contributed by atoms with Gasteiger partial charge in [0, 0.05) is 11.4 Å². The van der Waals surface area contributed by atoms with Crippen LogP contribution in [-0.2, 0) is 6.42 Å². The van der Waals surface area contributed by atoms with Crippen molar-refractivity contribution in [2.75, 3.05) is 0 Å². The van der Waals surface area contributed by atoms with Gasteiger partial charge in [-0.05, 0) is 29.7 Å². The predicted octanol–water partition coefficient (Wildman–Crippen LogP) is 2.70. The van der Waals surface area contributed by atoms with E-state index in [1.807, 2.05) is 18.6 Å². The van der Waals surface area contributed by atoms with Gasteiger partial charge in [0.1, 0.15) is 0 Å². The molecule has 3 heteroatoms. The quantitative estimate of drug-likeness (QED) is 0.769. The SMILES string of the molecule is O=C(O)c1ccc(Cl)c2c1CC=C[CH]2. The molecule has 14 heavy (non-hydrogen) atoms. The number of allylic oxidation sites excluding steroid dienone is 2. The van der Waals surface area contributed by atoms with Gasteiger partial charge >= 0.3 is 5.97 Å². The lowest BCUT2D eigenvalue weighted by Gasteiger charge is -2.14. The lowest BCUT2D eigenvalue weighted by molar-refractivity contribution is 0.0696. The maximum atomic E-state index is 10.9. The number of rotatable bonds is 1. The number of halogens is 1. The Morgan fingerprint density at radius 1 is 1.43 bits per heavy atom. The van der Waals surface area contributed by atoms with Crippen molar-refractivity contribution >= 4 is 17.6 Å². The number of carboxylic acids is 1. The van der Waals surface area contributed by atoms with Crippen molar-refractivity contribution in [3.05, 3.63) is 52.4 Å². The van der Waals surface area contributed by atoms with Crippen LogP contribution in [0, 0.1) is 6.42 Å². The van der Waals surface area contributed by atoms with Gasteiger partial charge in [0.15, 0.2) is 0 Å². The van der Waals surface area contributed by atoms with Crippen LogP contribution in [-0.4, -0.2) is 11.1 Å². The fourth-order valence-electron chi connectivity index (χ4n) is 1.59. The van der Waals surface area contributed by atoms with Crippen LogP contribution in [0.4, 0.5) is 0 Å². The third-order valence-electron chi connectivity index (χ3n) is 2.26. The molecule has 1 aliphatic carbocycles. The van der Waals surface area contributed by atoms with E-state index in [0.717, 1.165) is 11.1 Å². The first-order valence-corrected chi connectivity index (χ1v) is 4.62. The Bertz CT molecular complexity index is 422. The Labute approximate surface area is 86.8 Å². The fraction of sp³-hybridized carbons (Fsp3) is 0.0909. The van der Waals surface area contributed by atoms with Gasteiger partial charge in [-0.15, -0.1) is 0 Å². The molecule has 0 saturated carbocycles. The molecule has 0 fully saturated rings. The number of carboxylic acid groups (broad SMARTS) is 1. The van der Waals surface area contributed by atoms with Gasteiger partial charge < -0.3 is 5.11 Å². The lowest BCUT2D eigenvalue weighted by Crippen LogP contribution is -2.07. The van der Waals surface area contributed by atoms with Crippen LogP contribution >= 0.6 is 11.6 Å². The van der Waals surface area contributed by atoms with Crippen molar-refractivity contribution in [2.45, 2.75) is 6.42 Å². The molecule has 0 aliphatic heterocycles. The Morgan fingerprint density at radius 2 is 2.21 bits per heavy atom. The molecule has 0 amide bonds. The van der Waals surface area contributed by atoms with Crippen molar-refractivity contribution in [1.29, 1.82) is 0 Å². The van der Waals surface area contributed by atoms with E-state index in [0.29, 0.717) is 17.0 Å². The van der Waals surface area contributed by atoms with E-state index in [4.69, 9.17) is 16.7 Å². The standard InChI is InChI=1S/C11H8ClO2/c12-10-6-5-9(11(13)14)7-3-1-2-4-8(7)10/h1-2,4-6H,3H2,(H,13,14). The topological polar surface area (TPSA) is 37.3 Å². The first-order valence-electron chi connectivity index (χ1n) is 4.24. The molecule has 1 aliphatic rings. The van der Waals surface area contributed by atoms with Gasteiger partial charge in [0.25, 0.3) is 0 Å². The number of benzene rings is 1. The van der Waals surface area contributed by atoms with E-state index in [1.54, 1.807) is 12.1 Å². The van der Waals surface area contributed by atoms with E-state index >= 15 is 0 Å². The molecule has 71 valence electrons. The summed E-state index contributed by atoms with van der Waals surface area (Å²) >= 11 is 5.96. The largest absolute Gasteiger partial charge is 0.478 e. The highest BCUT2D eigenvalue weighted by atomic mass is 35.5. The van der Waals surface area contributed by atoms with Gasteiger partial charge in [-0.25, -0.2) is 4.79 Å². The Morgan fingerprint density at radius 3 is 2.93 bits per heavy atom. The predicted molar refractivity (Wildman–Crippen MR) is 54.7 cm³/mol. The highest BCUT2D eigenvalue weighted by Gasteiger charge is 2.17. The molecule has 1 aromatic carbocycles. The summed E-state index contributed by atoms with van der Waals surface area (Å²) < 4.78 is 0. The van der Waals surface area contributed by atoms with Crippen molar-refractivity contribution in [1.82, 2.24) is 0 Å². The molecule has 1 aromatic rings. The summed E-state index contributed by atoms with van der Waals surface area (Å²) in [5.41, 5.74) is 1.96. The first kappa shape index (κ1) is 9.28. The maximum Gasteiger partial charge on any atom is 0.335 e. The summed E-state index contributed by atoms with van der Waals surface area (Å²) in [5, 5.41) is 9.56. The number of carbonyl (C=O) groups is 1. The molecule has 0 bridgehead atoms. The molecule has 0 unspecified atom stereocenters. The monoisotopic (exact) mass is 207 g/mol. The summed E-state index contributed by atoms with van der Waals surface area (Å²) in [6.07, 6.45) is 6.28. The molecular formula is C11H8ClO2. The molecule has 0 heterocycles. The molecule has 2 nitrogen and oxygen atoms in total. The van der Waals surface area contributed by atoms with E-state index in [2.05, 4.69) is 0 Å². The minimum atomic E-state index is -0.901. The van der Waals surface area contributed by atoms with Crippen LogP contribution in [0.2, 0.25) is 5.02 Å². The smallest absolute Gasteiger partial charge is 0.335 e. The van der Waals surface area contributed by atoms with Crippen molar-refractivity contribution in [2.24, 2.45) is 0 Å². The molecule has 0 atom stereocenters. The average molecular weight is 208 g/mol. The Balaban J connectivity index is 2.62. The van der Waals surface area contributed by atoms with Gasteiger partial charge in [0.2, 0.25) is 0 Å². The molecule has 1 N–H and O–H groups in total. The summed E-state index contributed by atoms with van der Waals surface area (Å²) in [6, 6.07) is 3.18. The lowest BCUT2D eigenvalue weighted by atomic mass is 9.92. The highest BCUT2D eigenvalue weighted by molar-refractivity contribution is 6.31. The summed E-state index contributed by atoms with van der Waals surface area (Å²) in [7, 11) is 0. The zero-order valence-electron chi connectivity index (χ0n) is 7.33. The number of hydrogen-bond donors (Lipinski definition) is 1. The van der Waals surface area contributed by atoms with Crippen LogP contribution in [0.15, 0.2) is 24.3 Å². The number of aromatic carboxylic acids is 1. The fourth-order valence-corrected chi connectivity index (χ4v) is 1.83. The van der Waals surface area contributed by atoms with Gasteiger partial charge in [0.05, 0.1) is 5.56 Å². The van der Waals surface area contributed by atoms with Crippen LogP contribution in [0.1, 0.15) is 21.5 Å². The first-order chi connectivity index (χ1) is 6.70. The van der Waals surface area contributed by atoms with E-state index in [9.17, 15) is 4.79 Å². The molecular weight excluding hydrogens is 200 g/mol. The Kier molecular flexibility index (Phi) is 2.30. The molecule has 0 aromatic heterocycles. The van der Waals surface area contributed by atoms with Gasteiger partial charge in [-0.1, -0.05) is 23.8 Å². The number of fused-ring (bicyclic) bond motifs is 1. The highest BCUT2D eigenvalue weighted by Crippen LogP contribution is 2.28. The van der Waals surface area contributed by atoms with Crippen molar-refractivity contribution < 1.29 is 9.90 Å². The van der Waals surface area contributed by atoms with E-state index in [1.165, 1.54) is 0 Å². The van der Waals surface area contributed by atoms with E-state index < -0.39 is 5.97 Å². The number of hydrogen-bond acceptors (Lipinski definition) is 1. The van der Waals surface area contributed by atoms with Crippen molar-refractivity contribution in [3.8, 4) is 0 Å². The summed E-state index contributed by atoms with van der Waals surface area (Å²) in [6.45, 7) is 0. The zero-order valence-corrected chi connectivity index (χ0v) is 8.08. The minimum Gasteiger partial charge on any atom is -0.478 e. The minimum absolute atomic E-state index is 0.338. The maximum absolute atomic E-state index is 10.9. The van der Waals surface area contributed by atoms with Crippen LogP contribution in [0.3, 0.4) is 0 Å². The average Bonchev–Trinajstić information content (AvgIpc) is 2.18. The summed E-state index contributed by atoms with van der Waals surface area (Å²) in [4.78, 5) is 10.9. The third kappa shape index (κ3) is 1.42. The van der Waals surface area contributed by atoms with Crippen LogP contribution < -0.4 is 0 Å². The van der Waals surface area contributed by atoms with Gasteiger partial charge in [-0.2, -0.15) is 0 Å². The Hall–Kier alpha value is -1.28. The van der Waals surface area contributed by atoms with Crippen molar-refractivity contribution in [3.63, 3.8) is 0 Å². The normalized spacial score (nSPS) is 13.8. The second-order valence-corrected chi connectivity index (χ2v) is 3.50. The zero-order chi connectivity index (χ0) is 10.1. The molecule has 0 saturated heterocycles. The second-order valence-electron chi connectivity index (χ2n) is 3.09.